The molecule has 2 heterocycles. The van der Waals surface area contributed by atoms with Gasteiger partial charge in [-0.1, -0.05) is 6.92 Å². The maximum atomic E-state index is 12.4. The third-order valence-corrected chi connectivity index (χ3v) is 3.68. The minimum Gasteiger partial charge on any atom is -0.481 e. The zero-order chi connectivity index (χ0) is 14.7. The number of nitrogens with one attached hydrogen (secondary N) is 1. The fraction of sp³-hybridized carbons (Fsp3) is 0.308. The quantitative estimate of drug-likeness (QED) is 0.882. The van der Waals surface area contributed by atoms with Crippen LogP contribution in [0.3, 0.4) is 0 Å². The van der Waals surface area contributed by atoms with Gasteiger partial charge in [-0.15, -0.1) is 0 Å². The zero-order valence-corrected chi connectivity index (χ0v) is 12.0. The van der Waals surface area contributed by atoms with Crippen LogP contribution >= 0.6 is 11.3 Å². The number of rotatable bonds is 5. The van der Waals surface area contributed by atoms with Crippen LogP contribution in [-0.2, 0) is 4.79 Å². The van der Waals surface area contributed by atoms with E-state index in [4.69, 9.17) is 5.11 Å². The Balaban J connectivity index is 2.18. The van der Waals surface area contributed by atoms with Crippen LogP contribution in [0.4, 0.5) is 0 Å². The molecule has 2 aromatic heterocycles. The van der Waals surface area contributed by atoms with Gasteiger partial charge >= 0.3 is 5.97 Å². The number of aliphatic carboxylic acids is 1. The SMILES string of the molecule is CC(CN(C)C(=O)c1cn[nH]c1-c1ccsc1)C(=O)O. The van der Waals surface area contributed by atoms with Gasteiger partial charge < -0.3 is 10.0 Å². The summed E-state index contributed by atoms with van der Waals surface area (Å²) in [6.07, 6.45) is 1.47. The highest BCUT2D eigenvalue weighted by Crippen LogP contribution is 2.24. The van der Waals surface area contributed by atoms with Crippen molar-refractivity contribution in [2.75, 3.05) is 13.6 Å². The highest BCUT2D eigenvalue weighted by Gasteiger charge is 2.22. The van der Waals surface area contributed by atoms with E-state index in [1.54, 1.807) is 14.0 Å². The number of aromatic nitrogens is 2. The molecule has 6 nitrogen and oxygen atoms in total. The molecule has 106 valence electrons. The molecule has 0 saturated carbocycles. The Kier molecular flexibility index (Phi) is 4.19. The summed E-state index contributed by atoms with van der Waals surface area (Å²) in [6.45, 7) is 1.73. The molecule has 0 aromatic carbocycles. The third kappa shape index (κ3) is 2.88. The van der Waals surface area contributed by atoms with Crippen LogP contribution in [0, 0.1) is 5.92 Å². The highest BCUT2D eigenvalue weighted by atomic mass is 32.1. The molecule has 1 atom stereocenters. The van der Waals surface area contributed by atoms with Gasteiger partial charge in [-0.3, -0.25) is 14.7 Å². The molecular formula is C13H15N3O3S. The van der Waals surface area contributed by atoms with Crippen molar-refractivity contribution in [3.8, 4) is 11.3 Å². The highest BCUT2D eigenvalue weighted by molar-refractivity contribution is 7.08. The minimum absolute atomic E-state index is 0.155. The van der Waals surface area contributed by atoms with Crippen molar-refractivity contribution in [2.24, 2.45) is 5.92 Å². The molecule has 0 bridgehead atoms. The lowest BCUT2D eigenvalue weighted by molar-refractivity contribution is -0.141. The largest absolute Gasteiger partial charge is 0.481 e. The Bertz CT molecular complexity index is 606. The van der Waals surface area contributed by atoms with Crippen LogP contribution in [-0.4, -0.2) is 45.7 Å². The number of carboxylic acids is 1. The molecule has 2 aromatic rings. The molecule has 0 radical (unpaired) electrons. The summed E-state index contributed by atoms with van der Waals surface area (Å²) in [5, 5.41) is 19.5. The summed E-state index contributed by atoms with van der Waals surface area (Å²) in [5.74, 6) is -1.77. The number of nitrogens with zero attached hydrogens (tertiary/aromatic N) is 2. The number of H-pyrrole nitrogens is 1. The second kappa shape index (κ2) is 5.87. The minimum atomic E-state index is -0.921. The van der Waals surface area contributed by atoms with Gasteiger partial charge in [0.15, 0.2) is 0 Å². The van der Waals surface area contributed by atoms with Crippen molar-refractivity contribution in [2.45, 2.75) is 6.92 Å². The van der Waals surface area contributed by atoms with Gasteiger partial charge in [0.2, 0.25) is 0 Å². The maximum Gasteiger partial charge on any atom is 0.308 e. The number of carboxylic acid groups (broad SMARTS) is 1. The van der Waals surface area contributed by atoms with Crippen LogP contribution in [0.1, 0.15) is 17.3 Å². The maximum absolute atomic E-state index is 12.4. The molecule has 2 N–H and O–H groups in total. The molecule has 1 amide bonds. The first-order chi connectivity index (χ1) is 9.50. The van der Waals surface area contributed by atoms with Crippen LogP contribution in [0.5, 0.6) is 0 Å². The van der Waals surface area contributed by atoms with Gasteiger partial charge in [0, 0.05) is 24.5 Å². The van der Waals surface area contributed by atoms with E-state index in [0.29, 0.717) is 11.3 Å². The average molecular weight is 293 g/mol. The smallest absolute Gasteiger partial charge is 0.308 e. The van der Waals surface area contributed by atoms with Crippen molar-refractivity contribution < 1.29 is 14.7 Å². The second-order valence-corrected chi connectivity index (χ2v) is 5.38. The summed E-state index contributed by atoms with van der Waals surface area (Å²) in [7, 11) is 1.59. The molecule has 0 aliphatic heterocycles. The topological polar surface area (TPSA) is 86.3 Å². The number of carbonyl (C=O) groups is 2. The molecule has 0 aliphatic carbocycles. The Morgan fingerprint density at radius 2 is 2.30 bits per heavy atom. The lowest BCUT2D eigenvalue weighted by Gasteiger charge is -2.19. The number of carbonyl (C=O) groups excluding carboxylic acids is 1. The van der Waals surface area contributed by atoms with E-state index in [1.165, 1.54) is 22.4 Å². The number of hydrogen-bond donors (Lipinski definition) is 2. The summed E-state index contributed by atoms with van der Waals surface area (Å²) >= 11 is 1.53. The van der Waals surface area contributed by atoms with E-state index in [1.807, 2.05) is 16.8 Å². The van der Waals surface area contributed by atoms with E-state index in [0.717, 1.165) is 5.56 Å². The van der Waals surface area contributed by atoms with Gasteiger partial charge in [0.05, 0.1) is 23.4 Å². The number of thiophene rings is 1. The van der Waals surface area contributed by atoms with E-state index in [-0.39, 0.29) is 12.5 Å². The number of amides is 1. The van der Waals surface area contributed by atoms with E-state index in [2.05, 4.69) is 10.2 Å². The lowest BCUT2D eigenvalue weighted by atomic mass is 10.1. The van der Waals surface area contributed by atoms with Crippen LogP contribution in [0.15, 0.2) is 23.0 Å². The van der Waals surface area contributed by atoms with Gasteiger partial charge in [0.25, 0.3) is 5.91 Å². The molecular weight excluding hydrogens is 278 g/mol. The number of hydrogen-bond acceptors (Lipinski definition) is 4. The first-order valence-corrected chi connectivity index (χ1v) is 6.99. The van der Waals surface area contributed by atoms with Gasteiger partial charge in [-0.25, -0.2) is 0 Å². The normalized spacial score (nSPS) is 12.1. The van der Waals surface area contributed by atoms with Gasteiger partial charge in [0.1, 0.15) is 0 Å². The molecule has 0 saturated heterocycles. The molecule has 20 heavy (non-hydrogen) atoms. The van der Waals surface area contributed by atoms with Gasteiger partial charge in [-0.05, 0) is 11.4 Å². The molecule has 0 fully saturated rings. The Labute approximate surface area is 120 Å². The predicted octanol–water partition coefficient (Wildman–Crippen LogP) is 1.93. The van der Waals surface area contributed by atoms with Crippen LogP contribution in [0.25, 0.3) is 11.3 Å². The predicted molar refractivity (Wildman–Crippen MR) is 75.7 cm³/mol. The van der Waals surface area contributed by atoms with Gasteiger partial charge in [-0.2, -0.15) is 16.4 Å². The number of aromatic amines is 1. The fourth-order valence-electron chi connectivity index (χ4n) is 1.85. The molecule has 0 aliphatic rings. The van der Waals surface area contributed by atoms with E-state index < -0.39 is 11.9 Å². The average Bonchev–Trinajstić information content (AvgIpc) is 3.07. The zero-order valence-electron chi connectivity index (χ0n) is 11.2. The summed E-state index contributed by atoms with van der Waals surface area (Å²) in [4.78, 5) is 24.6. The molecule has 0 spiro atoms. The molecule has 7 heteroatoms. The van der Waals surface area contributed by atoms with Crippen molar-refractivity contribution in [3.63, 3.8) is 0 Å². The summed E-state index contributed by atoms with van der Waals surface area (Å²) in [5.41, 5.74) is 2.00. The van der Waals surface area contributed by atoms with Crippen molar-refractivity contribution in [1.82, 2.24) is 15.1 Å². The van der Waals surface area contributed by atoms with Crippen molar-refractivity contribution >= 4 is 23.2 Å². The monoisotopic (exact) mass is 293 g/mol. The summed E-state index contributed by atoms with van der Waals surface area (Å²) < 4.78 is 0. The molecule has 2 rings (SSSR count). The van der Waals surface area contributed by atoms with Crippen molar-refractivity contribution in [1.29, 1.82) is 0 Å². The Morgan fingerprint density at radius 3 is 2.90 bits per heavy atom. The second-order valence-electron chi connectivity index (χ2n) is 4.60. The van der Waals surface area contributed by atoms with Crippen molar-refractivity contribution in [3.05, 3.63) is 28.6 Å². The standard InChI is InChI=1S/C13H15N3O3S/c1-8(13(18)19)6-16(2)12(17)10-5-14-15-11(10)9-3-4-20-7-9/h3-5,7-8H,6H2,1-2H3,(H,14,15)(H,18,19). The van der Waals surface area contributed by atoms with E-state index in [9.17, 15) is 9.59 Å². The lowest BCUT2D eigenvalue weighted by Crippen LogP contribution is -2.33. The first-order valence-electron chi connectivity index (χ1n) is 6.05. The third-order valence-electron chi connectivity index (χ3n) is 3.00. The Morgan fingerprint density at radius 1 is 1.55 bits per heavy atom. The van der Waals surface area contributed by atoms with E-state index >= 15 is 0 Å². The first kappa shape index (κ1) is 14.3. The summed E-state index contributed by atoms with van der Waals surface area (Å²) in [6, 6.07) is 1.90. The fourth-order valence-corrected chi connectivity index (χ4v) is 2.50. The van der Waals surface area contributed by atoms with Crippen LogP contribution in [0.2, 0.25) is 0 Å². The molecule has 1 unspecified atom stereocenters. The Hall–Kier alpha value is -2.15. The van der Waals surface area contributed by atoms with Crippen LogP contribution < -0.4 is 0 Å².